The van der Waals surface area contributed by atoms with Gasteiger partial charge in [0.05, 0.1) is 11.7 Å². The van der Waals surface area contributed by atoms with E-state index in [1.165, 1.54) is 13.0 Å². The number of nitrogens with one attached hydrogen (secondary N) is 1. The Hall–Kier alpha value is -3.48. The van der Waals surface area contributed by atoms with Crippen molar-refractivity contribution in [1.82, 2.24) is 15.5 Å². The van der Waals surface area contributed by atoms with E-state index in [-0.39, 0.29) is 30.0 Å². The molecule has 3 aromatic rings. The predicted octanol–water partition coefficient (Wildman–Crippen LogP) is 3.34. The molecule has 0 radical (unpaired) electrons. The number of nitrogens with zero attached hydrogens (tertiary/aromatic N) is 2. The Morgan fingerprint density at radius 1 is 1.19 bits per heavy atom. The molecule has 0 aliphatic heterocycles. The van der Waals surface area contributed by atoms with Crippen molar-refractivity contribution in [2.75, 3.05) is 0 Å². The molecular formula is C20H19N3O4. The van der Waals surface area contributed by atoms with Gasteiger partial charge in [-0.25, -0.2) is 0 Å². The Morgan fingerprint density at radius 2 is 2.04 bits per heavy atom. The third-order valence-electron chi connectivity index (χ3n) is 3.89. The molecule has 1 N–H and O–H groups in total. The molecule has 0 bridgehead atoms. The van der Waals surface area contributed by atoms with E-state index in [4.69, 9.17) is 9.26 Å². The van der Waals surface area contributed by atoms with Crippen LogP contribution in [-0.2, 0) is 6.61 Å². The maximum absolute atomic E-state index is 12.3. The lowest BCUT2D eigenvalue weighted by Gasteiger charge is -2.11. The number of carbonyl (C=O) groups excluding carboxylic acids is 2. The molecule has 1 aromatic carbocycles. The van der Waals surface area contributed by atoms with Gasteiger partial charge >= 0.3 is 0 Å². The number of Topliss-reactive ketones (excluding diaryl/α,β-unsaturated/α-hetero) is 1. The van der Waals surface area contributed by atoms with Gasteiger partial charge in [-0.05, 0) is 38.1 Å². The molecule has 0 spiro atoms. The fourth-order valence-electron chi connectivity index (χ4n) is 2.42. The summed E-state index contributed by atoms with van der Waals surface area (Å²) in [5, 5.41) is 6.60. The minimum Gasteiger partial charge on any atom is -0.486 e. The molecule has 3 rings (SSSR count). The summed E-state index contributed by atoms with van der Waals surface area (Å²) in [6.07, 6.45) is 1.67. The maximum Gasteiger partial charge on any atom is 0.274 e. The molecule has 27 heavy (non-hydrogen) atoms. The molecule has 138 valence electrons. The van der Waals surface area contributed by atoms with E-state index in [1.807, 2.05) is 25.1 Å². The molecule has 0 fully saturated rings. The van der Waals surface area contributed by atoms with Crippen molar-refractivity contribution >= 4 is 11.7 Å². The van der Waals surface area contributed by atoms with E-state index in [9.17, 15) is 9.59 Å². The van der Waals surface area contributed by atoms with Crippen LogP contribution in [-0.4, -0.2) is 21.8 Å². The lowest BCUT2D eigenvalue weighted by atomic mass is 10.1. The van der Waals surface area contributed by atoms with Crippen molar-refractivity contribution in [3.8, 4) is 5.75 Å². The van der Waals surface area contributed by atoms with Crippen LogP contribution in [0.2, 0.25) is 0 Å². The predicted molar refractivity (Wildman–Crippen MR) is 97.4 cm³/mol. The van der Waals surface area contributed by atoms with Crippen molar-refractivity contribution < 1.29 is 18.8 Å². The van der Waals surface area contributed by atoms with Gasteiger partial charge in [0, 0.05) is 17.8 Å². The third kappa shape index (κ3) is 4.78. The molecule has 1 unspecified atom stereocenters. The summed E-state index contributed by atoms with van der Waals surface area (Å²) in [7, 11) is 0. The summed E-state index contributed by atoms with van der Waals surface area (Å²) < 4.78 is 10.8. The van der Waals surface area contributed by atoms with Crippen molar-refractivity contribution in [3.05, 3.63) is 77.4 Å². The number of ether oxygens (including phenoxy) is 1. The van der Waals surface area contributed by atoms with Crippen LogP contribution in [0.4, 0.5) is 0 Å². The Labute approximate surface area is 156 Å². The monoisotopic (exact) mass is 365 g/mol. The molecule has 0 aliphatic carbocycles. The highest BCUT2D eigenvalue weighted by Gasteiger charge is 2.16. The molecule has 0 saturated carbocycles. The first-order valence-corrected chi connectivity index (χ1v) is 8.44. The highest BCUT2D eigenvalue weighted by atomic mass is 16.5. The first kappa shape index (κ1) is 18.3. The minimum absolute atomic E-state index is 0.0406. The average molecular weight is 365 g/mol. The van der Waals surface area contributed by atoms with Crippen LogP contribution in [0.3, 0.4) is 0 Å². The van der Waals surface area contributed by atoms with Crippen LogP contribution in [0.1, 0.15) is 52.2 Å². The summed E-state index contributed by atoms with van der Waals surface area (Å²) in [4.78, 5) is 27.9. The largest absolute Gasteiger partial charge is 0.486 e. The highest BCUT2D eigenvalue weighted by Crippen LogP contribution is 2.16. The molecule has 2 heterocycles. The summed E-state index contributed by atoms with van der Waals surface area (Å²) in [5.74, 6) is 0.538. The van der Waals surface area contributed by atoms with Gasteiger partial charge in [0.15, 0.2) is 17.2 Å². The van der Waals surface area contributed by atoms with Gasteiger partial charge in [-0.2, -0.15) is 0 Å². The minimum atomic E-state index is -0.360. The van der Waals surface area contributed by atoms with Crippen LogP contribution in [0.5, 0.6) is 5.75 Å². The highest BCUT2D eigenvalue weighted by molar-refractivity contribution is 5.94. The first-order chi connectivity index (χ1) is 13.0. The van der Waals surface area contributed by atoms with Crippen molar-refractivity contribution in [2.45, 2.75) is 26.5 Å². The van der Waals surface area contributed by atoms with Crippen molar-refractivity contribution in [2.24, 2.45) is 0 Å². The molecule has 7 nitrogen and oxygen atoms in total. The number of rotatable bonds is 7. The van der Waals surface area contributed by atoms with E-state index in [2.05, 4.69) is 15.5 Å². The Bertz CT molecular complexity index is 937. The summed E-state index contributed by atoms with van der Waals surface area (Å²) >= 11 is 0. The molecule has 0 saturated heterocycles. The lowest BCUT2D eigenvalue weighted by molar-refractivity contribution is 0.0929. The normalized spacial score (nSPS) is 11.6. The summed E-state index contributed by atoms with van der Waals surface area (Å²) in [6.45, 7) is 3.43. The smallest absolute Gasteiger partial charge is 0.274 e. The Morgan fingerprint density at radius 3 is 2.78 bits per heavy atom. The number of hydrogen-bond donors (Lipinski definition) is 1. The number of benzene rings is 1. The average Bonchev–Trinajstić information content (AvgIpc) is 3.16. The number of carbonyl (C=O) groups is 2. The second kappa shape index (κ2) is 8.27. The SMILES string of the molecule is CC(=O)c1cccc(OCc2cc(C(=O)NC(C)c3ccccn3)no2)c1. The van der Waals surface area contributed by atoms with Crippen LogP contribution in [0.25, 0.3) is 0 Å². The molecule has 2 aromatic heterocycles. The van der Waals surface area contributed by atoms with E-state index >= 15 is 0 Å². The van der Waals surface area contributed by atoms with E-state index in [0.717, 1.165) is 5.69 Å². The van der Waals surface area contributed by atoms with Crippen LogP contribution < -0.4 is 10.1 Å². The van der Waals surface area contributed by atoms with E-state index in [1.54, 1.807) is 30.5 Å². The van der Waals surface area contributed by atoms with Gasteiger partial charge in [0.25, 0.3) is 5.91 Å². The zero-order chi connectivity index (χ0) is 19.2. The van der Waals surface area contributed by atoms with E-state index < -0.39 is 0 Å². The fourth-order valence-corrected chi connectivity index (χ4v) is 2.42. The summed E-state index contributed by atoms with van der Waals surface area (Å²) in [6, 6.07) is 13.6. The lowest BCUT2D eigenvalue weighted by Crippen LogP contribution is -2.27. The van der Waals surface area contributed by atoms with E-state index in [0.29, 0.717) is 17.1 Å². The van der Waals surface area contributed by atoms with Gasteiger partial charge in [0.2, 0.25) is 0 Å². The molecule has 7 heteroatoms. The van der Waals surface area contributed by atoms with Gasteiger partial charge in [0.1, 0.15) is 12.4 Å². The number of pyridine rings is 1. The Kier molecular flexibility index (Phi) is 5.61. The zero-order valence-electron chi connectivity index (χ0n) is 15.0. The maximum atomic E-state index is 12.3. The quantitative estimate of drug-likeness (QED) is 0.645. The fraction of sp³-hybridized carbons (Fsp3) is 0.200. The number of hydrogen-bond acceptors (Lipinski definition) is 6. The molecule has 1 atom stereocenters. The van der Waals surface area contributed by atoms with Gasteiger partial charge < -0.3 is 14.6 Å². The summed E-state index contributed by atoms with van der Waals surface area (Å²) in [5.41, 5.74) is 1.48. The number of amides is 1. The first-order valence-electron chi connectivity index (χ1n) is 8.44. The third-order valence-corrected chi connectivity index (χ3v) is 3.89. The van der Waals surface area contributed by atoms with Gasteiger partial charge in [-0.1, -0.05) is 23.4 Å². The van der Waals surface area contributed by atoms with Crippen LogP contribution in [0.15, 0.2) is 59.3 Å². The van der Waals surface area contributed by atoms with Crippen molar-refractivity contribution in [1.29, 1.82) is 0 Å². The number of ketones is 1. The second-order valence-electron chi connectivity index (χ2n) is 6.00. The standard InChI is InChI=1S/C20H19N3O4/c1-13(18-8-3-4-9-21-18)22-20(25)19-11-17(27-23-19)12-26-16-7-5-6-15(10-16)14(2)24/h3-11,13H,12H2,1-2H3,(H,22,25). The van der Waals surface area contributed by atoms with Crippen LogP contribution >= 0.6 is 0 Å². The van der Waals surface area contributed by atoms with Crippen LogP contribution in [0, 0.1) is 0 Å². The molecule has 0 aliphatic rings. The van der Waals surface area contributed by atoms with Gasteiger partial charge in [-0.3, -0.25) is 14.6 Å². The number of aromatic nitrogens is 2. The molecule has 1 amide bonds. The van der Waals surface area contributed by atoms with Crippen molar-refractivity contribution in [3.63, 3.8) is 0 Å². The van der Waals surface area contributed by atoms with Gasteiger partial charge in [-0.15, -0.1) is 0 Å². The molecular weight excluding hydrogens is 346 g/mol. The second-order valence-corrected chi connectivity index (χ2v) is 6.00. The topological polar surface area (TPSA) is 94.3 Å². The zero-order valence-corrected chi connectivity index (χ0v) is 15.0. The Balaban J connectivity index is 1.58.